The van der Waals surface area contributed by atoms with Crippen molar-refractivity contribution in [2.45, 2.75) is 37.5 Å². The van der Waals surface area contributed by atoms with E-state index < -0.39 is 6.17 Å². The highest BCUT2D eigenvalue weighted by Gasteiger charge is 2.36. The van der Waals surface area contributed by atoms with E-state index in [4.69, 9.17) is 5.11 Å². The molecule has 0 unspecified atom stereocenters. The fourth-order valence-electron chi connectivity index (χ4n) is 2.65. The molecular formula is C10H19FN2O. The predicted octanol–water partition coefficient (Wildman–Crippen LogP) is 0.143. The number of hydrogen-bond acceptors (Lipinski definition) is 3. The topological polar surface area (TPSA) is 35.5 Å². The molecule has 0 amide bonds. The number of aliphatic hydroxyl groups excluding tert-OH is 1. The van der Waals surface area contributed by atoms with Gasteiger partial charge in [0.2, 0.25) is 0 Å². The summed E-state index contributed by atoms with van der Waals surface area (Å²) in [4.78, 5) is 2.17. The highest BCUT2D eigenvalue weighted by molar-refractivity contribution is 4.90. The van der Waals surface area contributed by atoms with Crippen molar-refractivity contribution < 1.29 is 9.50 Å². The third-order valence-corrected chi connectivity index (χ3v) is 3.39. The zero-order chi connectivity index (χ0) is 9.97. The Labute approximate surface area is 84.3 Å². The Hall–Kier alpha value is -0.190. The van der Waals surface area contributed by atoms with Crippen LogP contribution in [0.2, 0.25) is 0 Å². The minimum absolute atomic E-state index is 0.0631. The van der Waals surface area contributed by atoms with Crippen LogP contribution in [-0.2, 0) is 0 Å². The monoisotopic (exact) mass is 202 g/mol. The van der Waals surface area contributed by atoms with Gasteiger partial charge in [0.15, 0.2) is 0 Å². The largest absolute Gasteiger partial charge is 0.395 e. The molecule has 2 aliphatic heterocycles. The van der Waals surface area contributed by atoms with Crippen LogP contribution in [0.15, 0.2) is 0 Å². The molecule has 0 aromatic heterocycles. The zero-order valence-corrected chi connectivity index (χ0v) is 8.45. The van der Waals surface area contributed by atoms with Crippen molar-refractivity contribution in [2.24, 2.45) is 0 Å². The number of aliphatic hydroxyl groups is 1. The third kappa shape index (κ3) is 2.07. The number of hydrogen-bond donors (Lipinski definition) is 2. The van der Waals surface area contributed by atoms with Crippen molar-refractivity contribution in [3.63, 3.8) is 0 Å². The summed E-state index contributed by atoms with van der Waals surface area (Å²) in [6.07, 6.45) is 1.95. The molecule has 2 aliphatic rings. The highest BCUT2D eigenvalue weighted by atomic mass is 19.1. The van der Waals surface area contributed by atoms with Crippen LogP contribution in [0, 0.1) is 0 Å². The first-order valence-electron chi connectivity index (χ1n) is 5.52. The maximum Gasteiger partial charge on any atom is 0.114 e. The van der Waals surface area contributed by atoms with Crippen LogP contribution in [-0.4, -0.2) is 54.5 Å². The van der Waals surface area contributed by atoms with E-state index in [-0.39, 0.29) is 12.6 Å². The maximum absolute atomic E-state index is 13.2. The van der Waals surface area contributed by atoms with E-state index in [1.807, 2.05) is 0 Å². The minimum atomic E-state index is -0.734. The van der Waals surface area contributed by atoms with Crippen LogP contribution < -0.4 is 5.32 Å². The zero-order valence-electron chi connectivity index (χ0n) is 8.45. The highest BCUT2D eigenvalue weighted by Crippen LogP contribution is 2.25. The lowest BCUT2D eigenvalue weighted by molar-refractivity contribution is 0.100. The first kappa shape index (κ1) is 10.3. The van der Waals surface area contributed by atoms with E-state index in [2.05, 4.69) is 10.2 Å². The lowest BCUT2D eigenvalue weighted by Crippen LogP contribution is -2.46. The first-order valence-corrected chi connectivity index (χ1v) is 5.52. The molecule has 0 bridgehead atoms. The van der Waals surface area contributed by atoms with Crippen molar-refractivity contribution in [1.82, 2.24) is 10.2 Å². The molecule has 2 heterocycles. The second kappa shape index (κ2) is 4.55. The molecule has 0 aromatic carbocycles. The molecule has 0 radical (unpaired) electrons. The summed E-state index contributed by atoms with van der Waals surface area (Å²) in [5.41, 5.74) is 0. The van der Waals surface area contributed by atoms with E-state index >= 15 is 0 Å². The van der Waals surface area contributed by atoms with E-state index in [0.717, 1.165) is 25.9 Å². The molecule has 2 saturated heterocycles. The van der Waals surface area contributed by atoms with Gasteiger partial charge in [0.05, 0.1) is 6.61 Å². The van der Waals surface area contributed by atoms with Gasteiger partial charge in [-0.1, -0.05) is 0 Å². The van der Waals surface area contributed by atoms with Crippen LogP contribution in [0.5, 0.6) is 0 Å². The lowest BCUT2D eigenvalue weighted by atomic mass is 10.0. The molecule has 2 atom stereocenters. The quantitative estimate of drug-likeness (QED) is 0.669. The van der Waals surface area contributed by atoms with Gasteiger partial charge in [-0.25, -0.2) is 4.39 Å². The number of nitrogens with zero attached hydrogens (tertiary/aromatic N) is 1. The van der Waals surface area contributed by atoms with Crippen LogP contribution in [0.25, 0.3) is 0 Å². The van der Waals surface area contributed by atoms with Crippen molar-refractivity contribution in [2.75, 3.05) is 26.2 Å². The van der Waals surface area contributed by atoms with Gasteiger partial charge in [-0.15, -0.1) is 0 Å². The number of piperidine rings is 1. The summed E-state index contributed by atoms with van der Waals surface area (Å²) in [6, 6.07) is 0.544. The maximum atomic E-state index is 13.2. The molecule has 4 heteroatoms. The lowest BCUT2D eigenvalue weighted by Gasteiger charge is -2.34. The van der Waals surface area contributed by atoms with E-state index in [1.54, 1.807) is 0 Å². The number of alkyl halides is 1. The van der Waals surface area contributed by atoms with Gasteiger partial charge in [-0.3, -0.25) is 4.90 Å². The van der Waals surface area contributed by atoms with E-state index in [9.17, 15) is 4.39 Å². The van der Waals surface area contributed by atoms with Gasteiger partial charge >= 0.3 is 0 Å². The molecule has 0 aliphatic carbocycles. The molecule has 0 saturated carbocycles. The Bertz CT molecular complexity index is 185. The second-order valence-electron chi connectivity index (χ2n) is 4.35. The fraction of sp³-hybridized carbons (Fsp3) is 1.00. The molecule has 0 aromatic rings. The average Bonchev–Trinajstić information content (AvgIpc) is 2.61. The molecule has 3 nitrogen and oxygen atoms in total. The summed E-state index contributed by atoms with van der Waals surface area (Å²) in [5.74, 6) is 0. The normalized spacial score (nSPS) is 36.4. The average molecular weight is 202 g/mol. The SMILES string of the molecule is OC[C@H]1C[C@@H](F)CN1C1CCNCC1. The van der Waals surface area contributed by atoms with Crippen LogP contribution >= 0.6 is 0 Å². The van der Waals surface area contributed by atoms with Gasteiger partial charge in [-0.2, -0.15) is 0 Å². The van der Waals surface area contributed by atoms with Crippen LogP contribution in [0.4, 0.5) is 4.39 Å². The van der Waals surface area contributed by atoms with Crippen LogP contribution in [0.1, 0.15) is 19.3 Å². The smallest absolute Gasteiger partial charge is 0.114 e. The Morgan fingerprint density at radius 1 is 1.36 bits per heavy atom. The number of rotatable bonds is 2. The Kier molecular flexibility index (Phi) is 3.36. The first-order chi connectivity index (χ1) is 6.81. The molecule has 2 rings (SSSR count). The summed E-state index contributed by atoms with van der Waals surface area (Å²) in [6.45, 7) is 2.67. The van der Waals surface area contributed by atoms with Crippen molar-refractivity contribution in [3.8, 4) is 0 Å². The van der Waals surface area contributed by atoms with Gasteiger partial charge in [-0.05, 0) is 32.4 Å². The summed E-state index contributed by atoms with van der Waals surface area (Å²) >= 11 is 0. The Morgan fingerprint density at radius 2 is 2.07 bits per heavy atom. The molecule has 2 fully saturated rings. The molecule has 0 spiro atoms. The number of likely N-dealkylation sites (tertiary alicyclic amines) is 1. The van der Waals surface area contributed by atoms with Crippen molar-refractivity contribution in [1.29, 1.82) is 0 Å². The second-order valence-corrected chi connectivity index (χ2v) is 4.35. The molecule has 2 N–H and O–H groups in total. The number of nitrogens with one attached hydrogen (secondary N) is 1. The van der Waals surface area contributed by atoms with E-state index in [1.165, 1.54) is 0 Å². The van der Waals surface area contributed by atoms with Crippen LogP contribution in [0.3, 0.4) is 0 Å². The fourth-order valence-corrected chi connectivity index (χ4v) is 2.65. The molecular weight excluding hydrogens is 183 g/mol. The molecule has 14 heavy (non-hydrogen) atoms. The van der Waals surface area contributed by atoms with Gasteiger partial charge in [0.1, 0.15) is 6.17 Å². The van der Waals surface area contributed by atoms with Gasteiger partial charge in [0.25, 0.3) is 0 Å². The summed E-state index contributed by atoms with van der Waals surface area (Å²) in [7, 11) is 0. The van der Waals surface area contributed by atoms with Gasteiger partial charge in [0, 0.05) is 18.6 Å². The molecule has 82 valence electrons. The van der Waals surface area contributed by atoms with Crippen molar-refractivity contribution >= 4 is 0 Å². The summed E-state index contributed by atoms with van der Waals surface area (Å²) < 4.78 is 13.2. The minimum Gasteiger partial charge on any atom is -0.395 e. The third-order valence-electron chi connectivity index (χ3n) is 3.39. The number of halogens is 1. The van der Waals surface area contributed by atoms with Crippen molar-refractivity contribution in [3.05, 3.63) is 0 Å². The van der Waals surface area contributed by atoms with E-state index in [0.29, 0.717) is 19.0 Å². The Morgan fingerprint density at radius 3 is 2.71 bits per heavy atom. The summed E-state index contributed by atoms with van der Waals surface area (Å²) in [5, 5.41) is 12.5. The van der Waals surface area contributed by atoms with Gasteiger partial charge < -0.3 is 10.4 Å². The Balaban J connectivity index is 1.94. The standard InChI is InChI=1S/C10H19FN2O/c11-8-5-10(7-14)13(6-8)9-1-3-12-4-2-9/h8-10,12,14H,1-7H2/t8-,10-/m1/s1. The predicted molar refractivity (Wildman–Crippen MR) is 53.0 cm³/mol.